The van der Waals surface area contributed by atoms with Crippen molar-refractivity contribution in [1.82, 2.24) is 4.98 Å². The molecule has 18 heavy (non-hydrogen) atoms. The SMILES string of the molecule is NC(=S)c1ccc(Oc2ccc(F)cc2Br)nc1. The molecule has 0 radical (unpaired) electrons. The summed E-state index contributed by atoms with van der Waals surface area (Å²) < 4.78 is 18.9. The zero-order valence-electron chi connectivity index (χ0n) is 9.06. The lowest BCUT2D eigenvalue weighted by molar-refractivity contribution is 0.458. The van der Waals surface area contributed by atoms with Gasteiger partial charge in [0.15, 0.2) is 0 Å². The molecule has 3 nitrogen and oxygen atoms in total. The van der Waals surface area contributed by atoms with Crippen molar-refractivity contribution in [2.75, 3.05) is 0 Å². The Labute approximate surface area is 117 Å². The van der Waals surface area contributed by atoms with E-state index < -0.39 is 0 Å². The molecule has 2 N–H and O–H groups in total. The van der Waals surface area contributed by atoms with Crippen LogP contribution in [0.3, 0.4) is 0 Å². The van der Waals surface area contributed by atoms with Crippen molar-refractivity contribution in [3.63, 3.8) is 0 Å². The molecule has 1 heterocycles. The first kappa shape index (κ1) is 12.9. The molecule has 0 spiro atoms. The van der Waals surface area contributed by atoms with Gasteiger partial charge in [0.25, 0.3) is 0 Å². The van der Waals surface area contributed by atoms with Gasteiger partial charge in [-0.15, -0.1) is 0 Å². The van der Waals surface area contributed by atoms with Crippen LogP contribution in [0.5, 0.6) is 11.6 Å². The molecular formula is C12H8BrFN2OS. The summed E-state index contributed by atoms with van der Waals surface area (Å²) >= 11 is 8.03. The number of benzene rings is 1. The van der Waals surface area contributed by atoms with Crippen molar-refractivity contribution >= 4 is 33.1 Å². The van der Waals surface area contributed by atoms with Crippen molar-refractivity contribution in [3.8, 4) is 11.6 Å². The van der Waals surface area contributed by atoms with Gasteiger partial charge in [-0.2, -0.15) is 0 Å². The van der Waals surface area contributed by atoms with E-state index in [0.29, 0.717) is 21.7 Å². The number of ether oxygens (including phenoxy) is 1. The van der Waals surface area contributed by atoms with Gasteiger partial charge in [0, 0.05) is 17.8 Å². The van der Waals surface area contributed by atoms with Crippen LogP contribution in [0.1, 0.15) is 5.56 Å². The lowest BCUT2D eigenvalue weighted by Gasteiger charge is -2.07. The predicted molar refractivity (Wildman–Crippen MR) is 74.3 cm³/mol. The highest BCUT2D eigenvalue weighted by atomic mass is 79.9. The standard InChI is InChI=1S/C12H8BrFN2OS/c13-9-5-8(14)2-3-10(9)17-11-4-1-7(6-16-11)12(15)18/h1-6H,(H2,15,18). The largest absolute Gasteiger partial charge is 0.438 e. The third kappa shape index (κ3) is 3.02. The Hall–Kier alpha value is -1.53. The minimum absolute atomic E-state index is 0.275. The van der Waals surface area contributed by atoms with Gasteiger partial charge in [-0.3, -0.25) is 0 Å². The van der Waals surface area contributed by atoms with Crippen LogP contribution in [0, 0.1) is 5.82 Å². The van der Waals surface area contributed by atoms with Crippen molar-refractivity contribution in [3.05, 3.63) is 52.4 Å². The van der Waals surface area contributed by atoms with Crippen LogP contribution in [-0.4, -0.2) is 9.97 Å². The second-order valence-electron chi connectivity index (χ2n) is 3.43. The molecule has 0 unspecified atom stereocenters. The van der Waals surface area contributed by atoms with Gasteiger partial charge < -0.3 is 10.5 Å². The first-order chi connectivity index (χ1) is 8.56. The molecule has 0 saturated carbocycles. The average molecular weight is 327 g/mol. The summed E-state index contributed by atoms with van der Waals surface area (Å²) in [4.78, 5) is 4.33. The summed E-state index contributed by atoms with van der Waals surface area (Å²) in [6.45, 7) is 0. The molecule has 2 aromatic rings. The van der Waals surface area contributed by atoms with E-state index in [-0.39, 0.29) is 10.8 Å². The van der Waals surface area contributed by atoms with Gasteiger partial charge in [-0.1, -0.05) is 12.2 Å². The molecule has 2 rings (SSSR count). The number of thiocarbonyl (C=S) groups is 1. The lowest BCUT2D eigenvalue weighted by Crippen LogP contribution is -2.09. The third-order valence-electron chi connectivity index (χ3n) is 2.13. The fraction of sp³-hybridized carbons (Fsp3) is 0. The Bertz CT molecular complexity index is 589. The first-order valence-electron chi connectivity index (χ1n) is 4.95. The van der Waals surface area contributed by atoms with Gasteiger partial charge in [-0.05, 0) is 40.2 Å². The normalized spacial score (nSPS) is 10.1. The number of hydrogen-bond acceptors (Lipinski definition) is 3. The van der Waals surface area contributed by atoms with Crippen molar-refractivity contribution in [1.29, 1.82) is 0 Å². The Morgan fingerprint density at radius 3 is 2.67 bits per heavy atom. The molecule has 0 saturated heterocycles. The zero-order valence-corrected chi connectivity index (χ0v) is 11.5. The molecule has 1 aromatic heterocycles. The smallest absolute Gasteiger partial charge is 0.219 e. The molecule has 6 heteroatoms. The number of halogens is 2. The molecule has 0 fully saturated rings. The number of nitrogens with zero attached hydrogens (tertiary/aromatic N) is 1. The fourth-order valence-corrected chi connectivity index (χ4v) is 1.81. The maximum atomic E-state index is 12.9. The number of nitrogens with two attached hydrogens (primary N) is 1. The predicted octanol–water partition coefficient (Wildman–Crippen LogP) is 3.41. The Balaban J connectivity index is 2.21. The number of aromatic nitrogens is 1. The summed E-state index contributed by atoms with van der Waals surface area (Å²) in [5.41, 5.74) is 6.12. The van der Waals surface area contributed by atoms with Gasteiger partial charge in [-0.25, -0.2) is 9.37 Å². The van der Waals surface area contributed by atoms with Gasteiger partial charge in [0.1, 0.15) is 16.6 Å². The number of rotatable bonds is 3. The quantitative estimate of drug-likeness (QED) is 0.878. The molecule has 0 aliphatic heterocycles. The van der Waals surface area contributed by atoms with E-state index in [1.165, 1.54) is 24.4 Å². The summed E-state index contributed by atoms with van der Waals surface area (Å²) in [5.74, 6) is 0.514. The summed E-state index contributed by atoms with van der Waals surface area (Å²) in [6, 6.07) is 7.50. The Kier molecular flexibility index (Phi) is 3.88. The molecule has 1 aromatic carbocycles. The fourth-order valence-electron chi connectivity index (χ4n) is 1.26. The maximum Gasteiger partial charge on any atom is 0.219 e. The minimum atomic E-state index is -0.342. The number of pyridine rings is 1. The molecule has 0 amide bonds. The van der Waals surface area contributed by atoms with Crippen LogP contribution in [-0.2, 0) is 0 Å². The van der Waals surface area contributed by atoms with Crippen LogP contribution in [0.2, 0.25) is 0 Å². The van der Waals surface area contributed by atoms with Crippen LogP contribution < -0.4 is 10.5 Å². The Morgan fingerprint density at radius 2 is 2.11 bits per heavy atom. The molecule has 0 aliphatic carbocycles. The molecule has 0 atom stereocenters. The van der Waals surface area contributed by atoms with E-state index in [9.17, 15) is 4.39 Å². The van der Waals surface area contributed by atoms with Crippen LogP contribution >= 0.6 is 28.1 Å². The summed E-state index contributed by atoms with van der Waals surface area (Å²) in [5, 5.41) is 0. The highest BCUT2D eigenvalue weighted by Crippen LogP contribution is 2.29. The summed E-state index contributed by atoms with van der Waals surface area (Å²) in [7, 11) is 0. The monoisotopic (exact) mass is 326 g/mol. The van der Waals surface area contributed by atoms with E-state index >= 15 is 0 Å². The topological polar surface area (TPSA) is 48.1 Å². The molecule has 0 bridgehead atoms. The van der Waals surface area contributed by atoms with Gasteiger partial charge in [0.2, 0.25) is 5.88 Å². The summed E-state index contributed by atoms with van der Waals surface area (Å²) in [6.07, 6.45) is 1.52. The molecular weight excluding hydrogens is 319 g/mol. The van der Waals surface area contributed by atoms with Crippen molar-refractivity contribution in [2.24, 2.45) is 5.73 Å². The van der Waals surface area contributed by atoms with Crippen LogP contribution in [0.4, 0.5) is 4.39 Å². The van der Waals surface area contributed by atoms with Crippen LogP contribution in [0.25, 0.3) is 0 Å². The lowest BCUT2D eigenvalue weighted by atomic mass is 10.3. The van der Waals surface area contributed by atoms with Crippen molar-refractivity contribution < 1.29 is 9.13 Å². The van der Waals surface area contributed by atoms with E-state index in [1.807, 2.05) is 0 Å². The van der Waals surface area contributed by atoms with E-state index in [0.717, 1.165) is 0 Å². The van der Waals surface area contributed by atoms with Crippen LogP contribution in [0.15, 0.2) is 41.0 Å². The van der Waals surface area contributed by atoms with E-state index in [4.69, 9.17) is 22.7 Å². The van der Waals surface area contributed by atoms with E-state index in [1.54, 1.807) is 12.1 Å². The zero-order chi connectivity index (χ0) is 13.1. The number of hydrogen-bond donors (Lipinski definition) is 1. The third-order valence-corrected chi connectivity index (χ3v) is 2.98. The van der Waals surface area contributed by atoms with Crippen molar-refractivity contribution in [2.45, 2.75) is 0 Å². The second-order valence-corrected chi connectivity index (χ2v) is 4.72. The maximum absolute atomic E-state index is 12.9. The molecule has 0 aliphatic rings. The van der Waals surface area contributed by atoms with E-state index in [2.05, 4.69) is 20.9 Å². The van der Waals surface area contributed by atoms with Gasteiger partial charge >= 0.3 is 0 Å². The molecule has 92 valence electrons. The highest BCUT2D eigenvalue weighted by molar-refractivity contribution is 9.10. The minimum Gasteiger partial charge on any atom is -0.438 e. The first-order valence-corrected chi connectivity index (χ1v) is 6.15. The van der Waals surface area contributed by atoms with Gasteiger partial charge in [0.05, 0.1) is 4.47 Å². The Morgan fingerprint density at radius 1 is 1.33 bits per heavy atom. The highest BCUT2D eigenvalue weighted by Gasteiger charge is 2.05. The average Bonchev–Trinajstić information content (AvgIpc) is 2.33. The second kappa shape index (κ2) is 5.41.